The van der Waals surface area contributed by atoms with E-state index in [0.29, 0.717) is 47.3 Å². The van der Waals surface area contributed by atoms with Crippen LogP contribution in [-0.4, -0.2) is 49.2 Å². The van der Waals surface area contributed by atoms with Gasteiger partial charge in [-0.15, -0.1) is 0 Å². The standard InChI is InChI=1S/C22H20N2O7/c1-22(14-4-6-16-19(10-14)29-8-2-7-28-16)20(26)24(21(27)23-22)11-15(25)13-3-5-17-18(9-13)31-12-30-17/h3-6,9-10H,2,7-8,11-12H2,1H3,(H,23,27)/t22-/m0/s1. The predicted octanol–water partition coefficient (Wildman–Crippen LogP) is 2.23. The van der Waals surface area contributed by atoms with Gasteiger partial charge in [0.25, 0.3) is 5.91 Å². The average molecular weight is 424 g/mol. The van der Waals surface area contributed by atoms with Gasteiger partial charge in [0.05, 0.1) is 19.8 Å². The summed E-state index contributed by atoms with van der Waals surface area (Å²) in [5, 5.41) is 2.71. The van der Waals surface area contributed by atoms with Gasteiger partial charge >= 0.3 is 6.03 Å². The number of imide groups is 1. The summed E-state index contributed by atoms with van der Waals surface area (Å²) in [6.45, 7) is 2.37. The number of benzene rings is 2. The number of fused-ring (bicyclic) bond motifs is 2. The SMILES string of the molecule is C[C@@]1(c2ccc3c(c2)OCCCO3)NC(=O)N(CC(=O)c2ccc3c(c2)OCO3)C1=O. The van der Waals surface area contributed by atoms with Crippen LogP contribution in [-0.2, 0) is 10.3 Å². The Labute approximate surface area is 177 Å². The van der Waals surface area contributed by atoms with Gasteiger partial charge in [-0.2, -0.15) is 0 Å². The summed E-state index contributed by atoms with van der Waals surface area (Å²) < 4.78 is 21.9. The van der Waals surface area contributed by atoms with E-state index in [9.17, 15) is 14.4 Å². The number of urea groups is 1. The summed E-state index contributed by atoms with van der Waals surface area (Å²) in [5.41, 5.74) is -0.445. The van der Waals surface area contributed by atoms with Gasteiger partial charge < -0.3 is 24.3 Å². The molecular formula is C22H20N2O7. The largest absolute Gasteiger partial charge is 0.490 e. The number of amides is 3. The average Bonchev–Trinajstić information content (AvgIpc) is 3.22. The number of carbonyl (C=O) groups excluding carboxylic acids is 3. The second-order valence-electron chi connectivity index (χ2n) is 7.65. The van der Waals surface area contributed by atoms with E-state index in [2.05, 4.69) is 5.32 Å². The summed E-state index contributed by atoms with van der Waals surface area (Å²) in [6.07, 6.45) is 0.757. The fraction of sp³-hybridized carbons (Fsp3) is 0.318. The zero-order valence-electron chi connectivity index (χ0n) is 16.8. The maximum Gasteiger partial charge on any atom is 0.325 e. The van der Waals surface area contributed by atoms with Crippen molar-refractivity contribution in [2.75, 3.05) is 26.6 Å². The lowest BCUT2D eigenvalue weighted by atomic mass is 9.91. The van der Waals surface area contributed by atoms with Crippen molar-refractivity contribution in [3.8, 4) is 23.0 Å². The molecule has 0 aromatic heterocycles. The molecule has 5 rings (SSSR count). The van der Waals surface area contributed by atoms with Crippen LogP contribution < -0.4 is 24.3 Å². The van der Waals surface area contributed by atoms with Crippen molar-refractivity contribution in [2.45, 2.75) is 18.9 Å². The lowest BCUT2D eigenvalue weighted by Crippen LogP contribution is -2.41. The van der Waals surface area contributed by atoms with E-state index in [-0.39, 0.29) is 19.1 Å². The third-order valence-corrected chi connectivity index (χ3v) is 5.60. The van der Waals surface area contributed by atoms with Gasteiger partial charge in [0.1, 0.15) is 5.54 Å². The van der Waals surface area contributed by atoms with E-state index in [1.165, 1.54) is 0 Å². The highest BCUT2D eigenvalue weighted by atomic mass is 16.7. The second-order valence-corrected chi connectivity index (χ2v) is 7.65. The van der Waals surface area contributed by atoms with Crippen LogP contribution in [0.2, 0.25) is 0 Å². The maximum atomic E-state index is 13.2. The van der Waals surface area contributed by atoms with Crippen molar-refractivity contribution in [3.63, 3.8) is 0 Å². The van der Waals surface area contributed by atoms with Gasteiger partial charge in [-0.05, 0) is 42.8 Å². The Balaban J connectivity index is 1.38. The van der Waals surface area contributed by atoms with Crippen LogP contribution in [0, 0.1) is 0 Å². The summed E-state index contributed by atoms with van der Waals surface area (Å²) in [7, 11) is 0. The first-order chi connectivity index (χ1) is 15.0. The Morgan fingerprint density at radius 1 is 0.968 bits per heavy atom. The molecule has 1 atom stereocenters. The zero-order chi connectivity index (χ0) is 21.6. The number of nitrogens with one attached hydrogen (secondary N) is 1. The highest BCUT2D eigenvalue weighted by molar-refractivity contribution is 6.11. The first kappa shape index (κ1) is 19.2. The van der Waals surface area contributed by atoms with Crippen LogP contribution in [0.5, 0.6) is 23.0 Å². The Bertz CT molecular complexity index is 1100. The van der Waals surface area contributed by atoms with Crippen LogP contribution in [0.1, 0.15) is 29.3 Å². The fourth-order valence-corrected chi connectivity index (χ4v) is 3.82. The van der Waals surface area contributed by atoms with Crippen LogP contribution in [0.4, 0.5) is 4.79 Å². The highest BCUT2D eigenvalue weighted by Crippen LogP contribution is 2.37. The minimum absolute atomic E-state index is 0.0912. The van der Waals surface area contributed by atoms with Crippen molar-refractivity contribution in [3.05, 3.63) is 47.5 Å². The molecular weight excluding hydrogens is 404 g/mol. The molecule has 2 aromatic rings. The number of ketones is 1. The molecule has 0 spiro atoms. The summed E-state index contributed by atoms with van der Waals surface area (Å²) in [6, 6.07) is 9.26. The van der Waals surface area contributed by atoms with E-state index in [4.69, 9.17) is 18.9 Å². The normalized spacial score (nSPS) is 21.6. The monoisotopic (exact) mass is 424 g/mol. The van der Waals surface area contributed by atoms with E-state index >= 15 is 0 Å². The van der Waals surface area contributed by atoms with E-state index < -0.39 is 17.5 Å². The van der Waals surface area contributed by atoms with Gasteiger partial charge in [-0.1, -0.05) is 6.07 Å². The Hall–Kier alpha value is -3.75. The smallest absolute Gasteiger partial charge is 0.325 e. The molecule has 3 aliphatic rings. The Morgan fingerprint density at radius 3 is 2.48 bits per heavy atom. The maximum absolute atomic E-state index is 13.2. The molecule has 0 bridgehead atoms. The molecule has 1 saturated heterocycles. The minimum Gasteiger partial charge on any atom is -0.490 e. The van der Waals surface area contributed by atoms with Crippen LogP contribution in [0.25, 0.3) is 0 Å². The molecule has 9 heteroatoms. The molecule has 3 amide bonds. The lowest BCUT2D eigenvalue weighted by Gasteiger charge is -2.23. The van der Waals surface area contributed by atoms with Crippen molar-refractivity contribution < 1.29 is 33.3 Å². The number of hydrogen-bond acceptors (Lipinski definition) is 7. The quantitative estimate of drug-likeness (QED) is 0.593. The number of hydrogen-bond donors (Lipinski definition) is 1. The van der Waals surface area contributed by atoms with E-state index in [1.54, 1.807) is 43.3 Å². The van der Waals surface area contributed by atoms with Crippen LogP contribution in [0.15, 0.2) is 36.4 Å². The molecule has 9 nitrogen and oxygen atoms in total. The van der Waals surface area contributed by atoms with Gasteiger partial charge in [-0.25, -0.2) is 4.79 Å². The second kappa shape index (κ2) is 7.19. The Kier molecular flexibility index (Phi) is 4.46. The zero-order valence-corrected chi connectivity index (χ0v) is 16.8. The van der Waals surface area contributed by atoms with Gasteiger partial charge in [0.15, 0.2) is 28.8 Å². The number of Topliss-reactive ketones (excluding diaryl/α,β-unsaturated/α-hetero) is 1. The number of carbonyl (C=O) groups is 3. The molecule has 0 saturated carbocycles. The molecule has 160 valence electrons. The third-order valence-electron chi connectivity index (χ3n) is 5.60. The van der Waals surface area contributed by atoms with Crippen LogP contribution >= 0.6 is 0 Å². The van der Waals surface area contributed by atoms with Crippen molar-refractivity contribution >= 4 is 17.7 Å². The number of rotatable bonds is 4. The molecule has 3 heterocycles. The first-order valence-electron chi connectivity index (χ1n) is 9.93. The molecule has 0 radical (unpaired) electrons. The topological polar surface area (TPSA) is 103 Å². The molecule has 1 fully saturated rings. The number of ether oxygens (including phenoxy) is 4. The number of nitrogens with zero attached hydrogens (tertiary/aromatic N) is 1. The molecule has 2 aromatic carbocycles. The van der Waals surface area contributed by atoms with Gasteiger partial charge in [0.2, 0.25) is 6.79 Å². The van der Waals surface area contributed by atoms with Crippen LogP contribution in [0.3, 0.4) is 0 Å². The van der Waals surface area contributed by atoms with E-state index in [0.717, 1.165) is 11.3 Å². The molecule has 1 N–H and O–H groups in total. The van der Waals surface area contributed by atoms with Crippen molar-refractivity contribution in [1.29, 1.82) is 0 Å². The third kappa shape index (κ3) is 3.22. The predicted molar refractivity (Wildman–Crippen MR) is 107 cm³/mol. The molecule has 31 heavy (non-hydrogen) atoms. The highest BCUT2D eigenvalue weighted by Gasteiger charge is 2.49. The van der Waals surface area contributed by atoms with Crippen molar-refractivity contribution in [2.24, 2.45) is 0 Å². The fourth-order valence-electron chi connectivity index (χ4n) is 3.82. The summed E-state index contributed by atoms with van der Waals surface area (Å²) in [5.74, 6) is 1.23. The summed E-state index contributed by atoms with van der Waals surface area (Å²) in [4.78, 5) is 39.5. The Morgan fingerprint density at radius 2 is 1.65 bits per heavy atom. The molecule has 0 aliphatic carbocycles. The van der Waals surface area contributed by atoms with E-state index in [1.807, 2.05) is 0 Å². The molecule has 3 aliphatic heterocycles. The van der Waals surface area contributed by atoms with Gasteiger partial charge in [-0.3, -0.25) is 14.5 Å². The molecule has 0 unspecified atom stereocenters. The van der Waals surface area contributed by atoms with Gasteiger partial charge in [0, 0.05) is 12.0 Å². The lowest BCUT2D eigenvalue weighted by molar-refractivity contribution is -0.130. The van der Waals surface area contributed by atoms with Crippen molar-refractivity contribution in [1.82, 2.24) is 10.2 Å². The first-order valence-corrected chi connectivity index (χ1v) is 9.93. The minimum atomic E-state index is -1.32. The summed E-state index contributed by atoms with van der Waals surface area (Å²) >= 11 is 0.